The van der Waals surface area contributed by atoms with E-state index in [9.17, 15) is 9.59 Å². The second kappa shape index (κ2) is 7.89. The van der Waals surface area contributed by atoms with Crippen molar-refractivity contribution in [2.75, 3.05) is 16.0 Å². The maximum atomic E-state index is 12.3. The zero-order valence-corrected chi connectivity index (χ0v) is 14.1. The smallest absolute Gasteiger partial charge is 0.258 e. The summed E-state index contributed by atoms with van der Waals surface area (Å²) in [5.74, 6) is -0.111. The van der Waals surface area contributed by atoms with Gasteiger partial charge in [-0.25, -0.2) is 9.97 Å². The fourth-order valence-corrected chi connectivity index (χ4v) is 2.24. The molecule has 0 bridgehead atoms. The van der Waals surface area contributed by atoms with Gasteiger partial charge in [-0.1, -0.05) is 24.3 Å². The Labute approximate surface area is 150 Å². The summed E-state index contributed by atoms with van der Waals surface area (Å²) < 4.78 is 0. The van der Waals surface area contributed by atoms with Gasteiger partial charge >= 0.3 is 0 Å². The van der Waals surface area contributed by atoms with E-state index in [-0.39, 0.29) is 11.8 Å². The van der Waals surface area contributed by atoms with Crippen molar-refractivity contribution >= 4 is 34.8 Å². The van der Waals surface area contributed by atoms with Gasteiger partial charge in [0, 0.05) is 36.4 Å². The lowest BCUT2D eigenvalue weighted by Gasteiger charge is -2.08. The molecule has 0 spiro atoms. The summed E-state index contributed by atoms with van der Waals surface area (Å²) in [6, 6.07) is 16.4. The van der Waals surface area contributed by atoms with E-state index in [2.05, 4.69) is 25.9 Å². The number of hydrogen-bond donors (Lipinski definition) is 3. The summed E-state index contributed by atoms with van der Waals surface area (Å²) in [5.41, 5.74) is 2.36. The molecule has 0 atom stereocenters. The molecular formula is C19H17N5O2. The Morgan fingerprint density at radius 1 is 0.808 bits per heavy atom. The maximum Gasteiger partial charge on any atom is 0.258 e. The fourth-order valence-electron chi connectivity index (χ4n) is 2.24. The van der Waals surface area contributed by atoms with Gasteiger partial charge in [0.15, 0.2) is 0 Å². The molecule has 0 unspecified atom stereocenters. The van der Waals surface area contributed by atoms with Gasteiger partial charge in [0.25, 0.3) is 5.91 Å². The third-order valence-electron chi connectivity index (χ3n) is 3.38. The number of aromatic nitrogens is 2. The summed E-state index contributed by atoms with van der Waals surface area (Å²) in [5, 5.41) is 8.47. The molecule has 3 aromatic rings. The van der Waals surface area contributed by atoms with Crippen LogP contribution < -0.4 is 16.0 Å². The van der Waals surface area contributed by atoms with E-state index >= 15 is 0 Å². The molecule has 3 N–H and O–H groups in total. The summed E-state index contributed by atoms with van der Waals surface area (Å²) in [4.78, 5) is 31.7. The number of anilines is 4. The predicted molar refractivity (Wildman–Crippen MR) is 100 cm³/mol. The highest BCUT2D eigenvalue weighted by atomic mass is 16.2. The Balaban J connectivity index is 1.66. The second-order valence-corrected chi connectivity index (χ2v) is 5.50. The van der Waals surface area contributed by atoms with Crippen molar-refractivity contribution in [1.29, 1.82) is 0 Å². The van der Waals surface area contributed by atoms with Crippen molar-refractivity contribution in [2.24, 2.45) is 0 Å². The zero-order valence-electron chi connectivity index (χ0n) is 14.1. The number of rotatable bonds is 5. The number of hydrogen-bond acceptors (Lipinski definition) is 5. The molecule has 7 nitrogen and oxygen atoms in total. The van der Waals surface area contributed by atoms with Gasteiger partial charge in [-0.05, 0) is 30.3 Å². The van der Waals surface area contributed by atoms with Crippen molar-refractivity contribution in [2.45, 2.75) is 6.92 Å². The topological polar surface area (TPSA) is 96.0 Å². The number of benzene rings is 2. The number of nitrogens with zero attached hydrogens (tertiary/aromatic N) is 2. The largest absolute Gasteiger partial charge is 0.326 e. The lowest BCUT2D eigenvalue weighted by Crippen LogP contribution is -2.13. The molecule has 7 heteroatoms. The molecular weight excluding hydrogens is 330 g/mol. The lowest BCUT2D eigenvalue weighted by atomic mass is 10.2. The number of carbonyl (C=O) groups is 2. The summed E-state index contributed by atoms with van der Waals surface area (Å²) in [7, 11) is 0. The molecule has 0 saturated heterocycles. The molecule has 1 heterocycles. The fraction of sp³-hybridized carbons (Fsp3) is 0.0526. The molecule has 2 amide bonds. The molecule has 0 radical (unpaired) electrons. The Hall–Kier alpha value is -3.74. The molecule has 26 heavy (non-hydrogen) atoms. The van der Waals surface area contributed by atoms with Gasteiger partial charge in [0.1, 0.15) is 0 Å². The molecule has 0 aliphatic carbocycles. The van der Waals surface area contributed by atoms with Crippen LogP contribution in [-0.2, 0) is 4.79 Å². The SMILES string of the molecule is CC(=O)Nc1cccc(NC(=O)c2cnc(Nc3ccccc3)nc2)c1. The van der Waals surface area contributed by atoms with E-state index < -0.39 is 0 Å². The van der Waals surface area contributed by atoms with Gasteiger partial charge in [-0.15, -0.1) is 0 Å². The first-order valence-corrected chi connectivity index (χ1v) is 7.93. The molecule has 1 aromatic heterocycles. The minimum Gasteiger partial charge on any atom is -0.326 e. The van der Waals surface area contributed by atoms with Crippen molar-refractivity contribution < 1.29 is 9.59 Å². The summed E-state index contributed by atoms with van der Waals surface area (Å²) in [6.45, 7) is 1.42. The van der Waals surface area contributed by atoms with E-state index in [0.29, 0.717) is 22.9 Å². The first-order valence-electron chi connectivity index (χ1n) is 7.93. The molecule has 3 rings (SSSR count). The maximum absolute atomic E-state index is 12.3. The van der Waals surface area contributed by atoms with Gasteiger partial charge in [-0.2, -0.15) is 0 Å². The normalized spacial score (nSPS) is 10.0. The Kier molecular flexibility index (Phi) is 5.19. The average Bonchev–Trinajstić information content (AvgIpc) is 2.63. The van der Waals surface area contributed by atoms with Crippen molar-refractivity contribution in [3.63, 3.8) is 0 Å². The van der Waals surface area contributed by atoms with Crippen LogP contribution in [0, 0.1) is 0 Å². The van der Waals surface area contributed by atoms with E-state index in [1.807, 2.05) is 30.3 Å². The number of amides is 2. The highest BCUT2D eigenvalue weighted by Gasteiger charge is 2.08. The van der Waals surface area contributed by atoms with Gasteiger partial charge in [0.05, 0.1) is 5.56 Å². The van der Waals surface area contributed by atoms with Crippen LogP contribution in [0.1, 0.15) is 17.3 Å². The van der Waals surface area contributed by atoms with Crippen molar-refractivity contribution in [1.82, 2.24) is 9.97 Å². The van der Waals surface area contributed by atoms with Crippen LogP contribution in [0.5, 0.6) is 0 Å². The Morgan fingerprint density at radius 2 is 1.42 bits per heavy atom. The quantitative estimate of drug-likeness (QED) is 0.657. The van der Waals surface area contributed by atoms with E-state index in [1.165, 1.54) is 19.3 Å². The van der Waals surface area contributed by atoms with Crippen LogP contribution in [0.3, 0.4) is 0 Å². The summed E-state index contributed by atoms with van der Waals surface area (Å²) >= 11 is 0. The molecule has 0 saturated carbocycles. The third kappa shape index (κ3) is 4.64. The molecule has 0 fully saturated rings. The lowest BCUT2D eigenvalue weighted by molar-refractivity contribution is -0.114. The van der Waals surface area contributed by atoms with Crippen LogP contribution in [0.2, 0.25) is 0 Å². The number of nitrogens with one attached hydrogen (secondary N) is 3. The first kappa shape index (κ1) is 17.1. The van der Waals surface area contributed by atoms with Gasteiger partial charge in [0.2, 0.25) is 11.9 Å². The van der Waals surface area contributed by atoms with Crippen molar-refractivity contribution in [3.8, 4) is 0 Å². The third-order valence-corrected chi connectivity index (χ3v) is 3.38. The van der Waals surface area contributed by atoms with Crippen molar-refractivity contribution in [3.05, 3.63) is 72.6 Å². The molecule has 0 aliphatic heterocycles. The minimum atomic E-state index is -0.337. The Morgan fingerprint density at radius 3 is 2.08 bits per heavy atom. The van der Waals surface area contributed by atoms with Crippen LogP contribution >= 0.6 is 0 Å². The average molecular weight is 347 g/mol. The van der Waals surface area contributed by atoms with E-state index in [0.717, 1.165) is 5.69 Å². The molecule has 0 aliphatic rings. The summed E-state index contributed by atoms with van der Waals surface area (Å²) in [6.07, 6.45) is 2.90. The minimum absolute atomic E-state index is 0.177. The van der Waals surface area contributed by atoms with Crippen LogP contribution in [0.15, 0.2) is 67.0 Å². The molecule has 130 valence electrons. The number of carbonyl (C=O) groups excluding carboxylic acids is 2. The zero-order chi connectivity index (χ0) is 18.4. The monoisotopic (exact) mass is 347 g/mol. The Bertz CT molecular complexity index is 911. The van der Waals surface area contributed by atoms with E-state index in [1.54, 1.807) is 24.3 Å². The predicted octanol–water partition coefficient (Wildman–Crippen LogP) is 3.43. The standard InChI is InChI=1S/C19H17N5O2/c1-13(25)22-16-8-5-9-17(10-16)23-18(26)14-11-20-19(21-12-14)24-15-6-3-2-4-7-15/h2-12H,1H3,(H,22,25)(H,23,26)(H,20,21,24). The van der Waals surface area contributed by atoms with E-state index in [4.69, 9.17) is 0 Å². The van der Waals surface area contributed by atoms with Gasteiger partial charge in [-0.3, -0.25) is 9.59 Å². The second-order valence-electron chi connectivity index (χ2n) is 5.50. The highest BCUT2D eigenvalue weighted by molar-refractivity contribution is 6.04. The first-order chi connectivity index (χ1) is 12.6. The van der Waals surface area contributed by atoms with Gasteiger partial charge < -0.3 is 16.0 Å². The van der Waals surface area contributed by atoms with Crippen LogP contribution in [0.4, 0.5) is 23.0 Å². The van der Waals surface area contributed by atoms with Crippen LogP contribution in [-0.4, -0.2) is 21.8 Å². The highest BCUT2D eigenvalue weighted by Crippen LogP contribution is 2.16. The number of para-hydroxylation sites is 1. The van der Waals surface area contributed by atoms with Crippen LogP contribution in [0.25, 0.3) is 0 Å². The molecule has 2 aromatic carbocycles.